The zero-order valence-corrected chi connectivity index (χ0v) is 16.5. The van der Waals surface area contributed by atoms with E-state index in [0.717, 1.165) is 22.3 Å². The Labute approximate surface area is 153 Å². The van der Waals surface area contributed by atoms with Crippen molar-refractivity contribution in [2.24, 2.45) is 0 Å². The largest absolute Gasteiger partial charge is 0.496 e. The first-order valence-electron chi connectivity index (χ1n) is 8.32. The van der Waals surface area contributed by atoms with Gasteiger partial charge in [0.1, 0.15) is 5.75 Å². The van der Waals surface area contributed by atoms with Gasteiger partial charge in [-0.3, -0.25) is 4.79 Å². The van der Waals surface area contributed by atoms with Crippen molar-refractivity contribution in [2.45, 2.75) is 57.1 Å². The number of nitrogens with one attached hydrogen (secondary N) is 1. The quantitative estimate of drug-likeness (QED) is 0.798. The molecule has 2 aromatic rings. The molecule has 2 rings (SSSR count). The summed E-state index contributed by atoms with van der Waals surface area (Å²) >= 11 is 1.41. The van der Waals surface area contributed by atoms with Gasteiger partial charge in [-0.1, -0.05) is 23.9 Å². The van der Waals surface area contributed by atoms with E-state index >= 15 is 0 Å². The summed E-state index contributed by atoms with van der Waals surface area (Å²) < 4.78 is 7.43. The average molecular weight is 362 g/mol. The first-order valence-corrected chi connectivity index (χ1v) is 9.20. The molecule has 0 radical (unpaired) electrons. The number of ether oxygens (including phenoxy) is 1. The third-order valence-electron chi connectivity index (χ3n) is 3.53. The van der Waals surface area contributed by atoms with Crippen LogP contribution < -0.4 is 10.1 Å². The summed E-state index contributed by atoms with van der Waals surface area (Å²) in [6.45, 7) is 10.5. The summed E-state index contributed by atoms with van der Waals surface area (Å²) in [6.07, 6.45) is 0. The van der Waals surface area contributed by atoms with E-state index in [1.807, 2.05) is 63.5 Å². The molecule has 6 nitrogen and oxygen atoms in total. The van der Waals surface area contributed by atoms with Gasteiger partial charge >= 0.3 is 0 Å². The fourth-order valence-corrected chi connectivity index (χ4v) is 3.29. The number of carbonyl (C=O) groups is 1. The van der Waals surface area contributed by atoms with Crippen molar-refractivity contribution in [1.29, 1.82) is 0 Å². The summed E-state index contributed by atoms with van der Waals surface area (Å²) in [5.41, 5.74) is 0.630. The molecular weight excluding hydrogens is 336 g/mol. The molecule has 1 unspecified atom stereocenters. The Morgan fingerprint density at radius 3 is 2.60 bits per heavy atom. The van der Waals surface area contributed by atoms with E-state index in [2.05, 4.69) is 15.5 Å². The third-order valence-corrected chi connectivity index (χ3v) is 4.61. The molecular formula is C18H26N4O2S. The van der Waals surface area contributed by atoms with Gasteiger partial charge in [0, 0.05) is 12.1 Å². The minimum atomic E-state index is -0.265. The van der Waals surface area contributed by atoms with Crippen LogP contribution in [0.2, 0.25) is 0 Å². The predicted octanol–water partition coefficient (Wildman–Crippen LogP) is 3.37. The molecule has 0 fully saturated rings. The fraction of sp³-hybridized carbons (Fsp3) is 0.500. The smallest absolute Gasteiger partial charge is 0.233 e. The van der Waals surface area contributed by atoms with E-state index in [0.29, 0.717) is 6.54 Å². The highest BCUT2D eigenvalue weighted by atomic mass is 32.2. The molecule has 1 amide bonds. The predicted molar refractivity (Wildman–Crippen MR) is 101 cm³/mol. The molecule has 0 saturated heterocycles. The van der Waals surface area contributed by atoms with Crippen LogP contribution in [-0.2, 0) is 11.3 Å². The Kier molecular flexibility index (Phi) is 6.11. The highest BCUT2D eigenvalue weighted by Gasteiger charge is 2.23. The molecule has 25 heavy (non-hydrogen) atoms. The number of para-hydroxylation sites is 1. The average Bonchev–Trinajstić information content (AvgIpc) is 2.95. The van der Waals surface area contributed by atoms with Crippen LogP contribution in [0.15, 0.2) is 29.4 Å². The van der Waals surface area contributed by atoms with Gasteiger partial charge in [0.05, 0.1) is 17.9 Å². The Morgan fingerprint density at radius 2 is 2.00 bits per heavy atom. The fourth-order valence-electron chi connectivity index (χ4n) is 2.37. The molecule has 1 N–H and O–H groups in total. The lowest BCUT2D eigenvalue weighted by Gasteiger charge is -2.22. The summed E-state index contributed by atoms with van der Waals surface area (Å²) in [4.78, 5) is 12.3. The van der Waals surface area contributed by atoms with E-state index in [1.165, 1.54) is 11.8 Å². The van der Waals surface area contributed by atoms with Crippen molar-refractivity contribution < 1.29 is 9.53 Å². The van der Waals surface area contributed by atoms with Gasteiger partial charge in [-0.2, -0.15) is 0 Å². The van der Waals surface area contributed by atoms with Crippen LogP contribution in [0.1, 0.15) is 34.6 Å². The molecule has 0 aliphatic carbocycles. The van der Waals surface area contributed by atoms with Crippen LogP contribution in [0.4, 0.5) is 0 Å². The maximum Gasteiger partial charge on any atom is 0.233 e. The number of benzene rings is 1. The van der Waals surface area contributed by atoms with Crippen molar-refractivity contribution in [2.75, 3.05) is 7.11 Å². The number of carbonyl (C=O) groups excluding carboxylic acids is 1. The zero-order valence-electron chi connectivity index (χ0n) is 15.7. The molecule has 1 heterocycles. The number of nitrogens with zero attached hydrogens (tertiary/aromatic N) is 3. The second-order valence-corrected chi connectivity index (χ2v) is 8.06. The monoisotopic (exact) mass is 362 g/mol. The van der Waals surface area contributed by atoms with E-state index in [4.69, 9.17) is 4.74 Å². The molecule has 7 heteroatoms. The Hall–Kier alpha value is -2.02. The van der Waals surface area contributed by atoms with Crippen LogP contribution in [0, 0.1) is 0 Å². The molecule has 1 aromatic heterocycles. The highest BCUT2D eigenvalue weighted by molar-refractivity contribution is 8.00. The number of amides is 1. The molecule has 0 aliphatic heterocycles. The van der Waals surface area contributed by atoms with E-state index in [-0.39, 0.29) is 16.7 Å². The van der Waals surface area contributed by atoms with Crippen molar-refractivity contribution in [1.82, 2.24) is 20.1 Å². The lowest BCUT2D eigenvalue weighted by atomic mass is 10.1. The van der Waals surface area contributed by atoms with Gasteiger partial charge in [0.2, 0.25) is 5.91 Å². The molecule has 0 spiro atoms. The minimum Gasteiger partial charge on any atom is -0.496 e. The number of hydrogen-bond donors (Lipinski definition) is 1. The van der Waals surface area contributed by atoms with Gasteiger partial charge in [0.25, 0.3) is 0 Å². The zero-order chi connectivity index (χ0) is 18.6. The molecule has 0 bridgehead atoms. The van der Waals surface area contributed by atoms with E-state index in [1.54, 1.807) is 7.11 Å². The van der Waals surface area contributed by atoms with Gasteiger partial charge < -0.3 is 14.6 Å². The van der Waals surface area contributed by atoms with Crippen molar-refractivity contribution in [3.05, 3.63) is 24.3 Å². The normalized spacial score (nSPS) is 12.7. The van der Waals surface area contributed by atoms with Crippen LogP contribution in [0.5, 0.6) is 5.75 Å². The summed E-state index contributed by atoms with van der Waals surface area (Å²) in [6, 6.07) is 7.72. The first-order chi connectivity index (χ1) is 11.8. The van der Waals surface area contributed by atoms with Crippen molar-refractivity contribution in [3.8, 4) is 17.1 Å². The number of rotatable bonds is 6. The van der Waals surface area contributed by atoms with Gasteiger partial charge in [0.15, 0.2) is 11.0 Å². The molecule has 1 aromatic carbocycles. The number of methoxy groups -OCH3 is 1. The van der Waals surface area contributed by atoms with Gasteiger partial charge in [-0.15, -0.1) is 10.2 Å². The van der Waals surface area contributed by atoms with Crippen molar-refractivity contribution >= 4 is 17.7 Å². The van der Waals surface area contributed by atoms with Crippen LogP contribution in [0.3, 0.4) is 0 Å². The second kappa shape index (κ2) is 7.91. The number of thioether (sulfide) groups is 1. The van der Waals surface area contributed by atoms with Gasteiger partial charge in [-0.05, 0) is 46.8 Å². The summed E-state index contributed by atoms with van der Waals surface area (Å²) in [5, 5.41) is 12.1. The SMILES string of the molecule is CCn1c(SC(C)C(=O)NC(C)(C)C)nnc1-c1ccccc1OC. The minimum absolute atomic E-state index is 0.0120. The number of aromatic nitrogens is 3. The summed E-state index contributed by atoms with van der Waals surface area (Å²) in [7, 11) is 1.64. The van der Waals surface area contributed by atoms with E-state index in [9.17, 15) is 4.79 Å². The first kappa shape index (κ1) is 19.3. The molecule has 136 valence electrons. The number of hydrogen-bond acceptors (Lipinski definition) is 5. The van der Waals surface area contributed by atoms with Gasteiger partial charge in [-0.25, -0.2) is 0 Å². The highest BCUT2D eigenvalue weighted by Crippen LogP contribution is 2.32. The lowest BCUT2D eigenvalue weighted by Crippen LogP contribution is -2.44. The standard InChI is InChI=1S/C18H26N4O2S/c1-7-22-15(13-10-8-9-11-14(13)24-6)20-21-17(22)25-12(2)16(23)19-18(3,4)5/h8-12H,7H2,1-6H3,(H,19,23). The summed E-state index contributed by atoms with van der Waals surface area (Å²) in [5.74, 6) is 1.48. The topological polar surface area (TPSA) is 69.0 Å². The van der Waals surface area contributed by atoms with E-state index < -0.39 is 0 Å². The molecule has 1 atom stereocenters. The Morgan fingerprint density at radius 1 is 1.32 bits per heavy atom. The molecule has 0 saturated carbocycles. The van der Waals surface area contributed by atoms with Crippen molar-refractivity contribution in [3.63, 3.8) is 0 Å². The van der Waals surface area contributed by atoms with Crippen LogP contribution in [-0.4, -0.2) is 38.6 Å². The van der Waals surface area contributed by atoms with Crippen LogP contribution in [0.25, 0.3) is 11.4 Å². The Balaban J connectivity index is 2.27. The maximum absolute atomic E-state index is 12.3. The molecule has 0 aliphatic rings. The Bertz CT molecular complexity index is 737. The van der Waals surface area contributed by atoms with Crippen LogP contribution >= 0.6 is 11.8 Å². The second-order valence-electron chi connectivity index (χ2n) is 6.75. The lowest BCUT2D eigenvalue weighted by molar-refractivity contribution is -0.121. The maximum atomic E-state index is 12.3. The third kappa shape index (κ3) is 4.75.